The molecule has 8 bridgehead atoms. The Morgan fingerprint density at radius 1 is 0.406 bits per heavy atom. The highest BCUT2D eigenvalue weighted by atomic mass is 79.9. The molecule has 64 heavy (non-hydrogen) atoms. The summed E-state index contributed by atoms with van der Waals surface area (Å²) in [5.41, 5.74) is 23.4. The summed E-state index contributed by atoms with van der Waals surface area (Å²) in [5.74, 6) is 0.636. The lowest BCUT2D eigenvalue weighted by Crippen LogP contribution is -2.00. The number of unbranched alkanes of at least 4 members (excludes halogenated alkanes) is 6. The molecule has 2 aliphatic heterocycles. The molecule has 0 amide bonds. The normalized spacial score (nSPS) is 15.4. The van der Waals surface area contributed by atoms with Gasteiger partial charge in [0.15, 0.2) is 0 Å². The van der Waals surface area contributed by atoms with Gasteiger partial charge in [-0.1, -0.05) is 150 Å². The summed E-state index contributed by atoms with van der Waals surface area (Å²) in [6, 6.07) is 40.7. The van der Waals surface area contributed by atoms with Gasteiger partial charge in [-0.25, -0.2) is 9.97 Å². The van der Waals surface area contributed by atoms with Crippen LogP contribution < -0.4 is 0 Å². The van der Waals surface area contributed by atoms with E-state index in [4.69, 9.17) is 9.97 Å². The second-order valence-electron chi connectivity index (χ2n) is 17.9. The van der Waals surface area contributed by atoms with Crippen molar-refractivity contribution in [2.45, 2.75) is 89.9 Å². The van der Waals surface area contributed by atoms with Crippen molar-refractivity contribution in [1.29, 1.82) is 0 Å². The summed E-state index contributed by atoms with van der Waals surface area (Å²) in [7, 11) is 0. The van der Waals surface area contributed by atoms with E-state index in [1.807, 2.05) is 0 Å². The van der Waals surface area contributed by atoms with Crippen LogP contribution in [0.3, 0.4) is 0 Å². The molecule has 4 nitrogen and oxygen atoms in total. The van der Waals surface area contributed by atoms with Gasteiger partial charge in [-0.05, 0) is 149 Å². The molecule has 7 aromatic rings. The van der Waals surface area contributed by atoms with Crippen molar-refractivity contribution < 1.29 is 0 Å². The topological polar surface area (TPSA) is 57.4 Å². The Balaban J connectivity index is 1.13. The van der Waals surface area contributed by atoms with Crippen LogP contribution in [0, 0.1) is 0 Å². The molecular weight excluding hydrogens is 912 g/mol. The molecule has 2 aliphatic carbocycles. The van der Waals surface area contributed by atoms with Gasteiger partial charge in [-0.2, -0.15) is 0 Å². The Kier molecular flexibility index (Phi) is 11.2. The molecule has 2 atom stereocenters. The Bertz CT molecular complexity index is 2990. The van der Waals surface area contributed by atoms with Gasteiger partial charge >= 0.3 is 0 Å². The number of fused-ring (bicyclic) bond motifs is 14. The van der Waals surface area contributed by atoms with Crippen LogP contribution in [0.25, 0.3) is 90.9 Å². The maximum Gasteiger partial charge on any atom is 0.0801 e. The highest BCUT2D eigenvalue weighted by Crippen LogP contribution is 2.53. The third-order valence-corrected chi connectivity index (χ3v) is 15.7. The monoisotopic (exact) mass is 962 g/mol. The highest BCUT2D eigenvalue weighted by molar-refractivity contribution is 9.11. The van der Waals surface area contributed by atoms with Crippen molar-refractivity contribution in [3.05, 3.63) is 163 Å². The van der Waals surface area contributed by atoms with E-state index in [1.54, 1.807) is 0 Å². The Morgan fingerprint density at radius 2 is 0.797 bits per heavy atom. The van der Waals surface area contributed by atoms with Crippen molar-refractivity contribution in [1.82, 2.24) is 19.9 Å². The summed E-state index contributed by atoms with van der Waals surface area (Å²) >= 11 is 8.14. The molecule has 0 spiro atoms. The van der Waals surface area contributed by atoms with E-state index in [0.29, 0.717) is 11.8 Å². The fourth-order valence-electron chi connectivity index (χ4n) is 11.0. The molecule has 2 unspecified atom stereocenters. The minimum absolute atomic E-state index is 0.318. The van der Waals surface area contributed by atoms with Crippen molar-refractivity contribution >= 4 is 78.2 Å². The van der Waals surface area contributed by atoms with Crippen LogP contribution in [-0.2, 0) is 0 Å². The molecular formula is C58H52Br2N4. The number of H-pyrrole nitrogens is 2. The van der Waals surface area contributed by atoms with Gasteiger partial charge in [0.1, 0.15) is 0 Å². The van der Waals surface area contributed by atoms with Gasteiger partial charge in [0, 0.05) is 34.0 Å². The predicted octanol–water partition coefficient (Wildman–Crippen LogP) is 17.7. The minimum atomic E-state index is 0.318. The molecule has 0 radical (unpaired) electrons. The van der Waals surface area contributed by atoms with Crippen LogP contribution in [0.4, 0.5) is 0 Å². The quantitative estimate of drug-likeness (QED) is 0.120. The van der Waals surface area contributed by atoms with E-state index in [-0.39, 0.29) is 0 Å². The lowest BCUT2D eigenvalue weighted by atomic mass is 9.85. The first-order chi connectivity index (χ1) is 31.5. The van der Waals surface area contributed by atoms with Crippen LogP contribution in [0.15, 0.2) is 118 Å². The molecule has 2 N–H and O–H groups in total. The van der Waals surface area contributed by atoms with E-state index in [1.165, 1.54) is 107 Å². The molecule has 0 fully saturated rings. The van der Waals surface area contributed by atoms with Gasteiger partial charge < -0.3 is 9.97 Å². The summed E-state index contributed by atoms with van der Waals surface area (Å²) in [6.07, 6.45) is 20.9. The number of aromatic nitrogens is 4. The smallest absolute Gasteiger partial charge is 0.0801 e. The Morgan fingerprint density at radius 3 is 1.25 bits per heavy atom. The fraction of sp³-hybridized carbons (Fsp3) is 0.241. The number of hydrogen-bond donors (Lipinski definition) is 2. The van der Waals surface area contributed by atoms with E-state index in [0.717, 1.165) is 77.8 Å². The third-order valence-electron chi connectivity index (χ3n) is 14.0. The minimum Gasteiger partial charge on any atom is -0.354 e. The van der Waals surface area contributed by atoms with Crippen LogP contribution in [0.5, 0.6) is 0 Å². The van der Waals surface area contributed by atoms with Crippen LogP contribution >= 0.6 is 31.9 Å². The van der Waals surface area contributed by atoms with Crippen molar-refractivity contribution in [2.75, 3.05) is 0 Å². The van der Waals surface area contributed by atoms with Gasteiger partial charge in [-0.3, -0.25) is 0 Å². The molecule has 318 valence electrons. The maximum absolute atomic E-state index is 5.46. The standard InChI is InChI=1S/C58H52Br2N4/c1-3-5-7-9-21-39-35-17-11-13-19-37(35)41-23-15-25-43(53(39)41)55-45-27-31-49(61-45)57(59)51-33-29-47(63-51)56(48-30-34-52(64-48)58(60)50-32-28-46(55)62-50)44-26-16-24-42-38-20-14-12-18-36(38)40(54(42)44)22-10-8-6-4-2/h11-20,23-34,39-40,61,64H,3-10,21-22H2,1-2H3. The maximum atomic E-state index is 5.46. The number of rotatable bonds is 12. The van der Waals surface area contributed by atoms with Crippen LogP contribution in [-0.4, -0.2) is 19.9 Å². The third kappa shape index (κ3) is 7.09. The van der Waals surface area contributed by atoms with Crippen molar-refractivity contribution in [2.24, 2.45) is 0 Å². The first-order valence-corrected chi connectivity index (χ1v) is 25.0. The summed E-state index contributed by atoms with van der Waals surface area (Å²) in [6.45, 7) is 4.58. The molecule has 4 aliphatic rings. The summed E-state index contributed by atoms with van der Waals surface area (Å²) in [5, 5.41) is 0. The largest absolute Gasteiger partial charge is 0.354 e. The summed E-state index contributed by atoms with van der Waals surface area (Å²) in [4.78, 5) is 18.7. The SMILES string of the molecule is CCCCCCC1c2ccccc2-c2cccc(-c3c4nc(c(Br)c5ccc([nH]5)c(-c5cccc6c5C(CCCCCC)c5ccccc5-6)c5nc(c(Br)c6ccc3[nH]6)C=C5)C=C4)c21. The molecule has 3 aromatic heterocycles. The average molecular weight is 965 g/mol. The highest BCUT2D eigenvalue weighted by Gasteiger charge is 2.33. The van der Waals surface area contributed by atoms with Gasteiger partial charge in [0.05, 0.1) is 42.8 Å². The molecule has 4 aromatic carbocycles. The van der Waals surface area contributed by atoms with Gasteiger partial charge in [0.2, 0.25) is 0 Å². The Hall–Kier alpha value is -5.56. The van der Waals surface area contributed by atoms with E-state index in [2.05, 4.69) is 189 Å². The van der Waals surface area contributed by atoms with Crippen LogP contribution in [0.1, 0.15) is 135 Å². The Labute approximate surface area is 393 Å². The zero-order valence-corrected chi connectivity index (χ0v) is 39.7. The lowest BCUT2D eigenvalue weighted by Gasteiger charge is -2.18. The first kappa shape index (κ1) is 41.2. The number of nitrogens with zero attached hydrogens (tertiary/aromatic N) is 2. The second-order valence-corrected chi connectivity index (χ2v) is 19.5. The van der Waals surface area contributed by atoms with E-state index >= 15 is 0 Å². The van der Waals surface area contributed by atoms with E-state index < -0.39 is 0 Å². The molecule has 11 rings (SSSR count). The van der Waals surface area contributed by atoms with Crippen LogP contribution in [0.2, 0.25) is 0 Å². The number of hydrogen-bond acceptors (Lipinski definition) is 2. The molecule has 6 heteroatoms. The zero-order chi connectivity index (χ0) is 43.3. The number of benzene rings is 4. The molecule has 0 saturated heterocycles. The van der Waals surface area contributed by atoms with Crippen molar-refractivity contribution in [3.8, 4) is 44.5 Å². The van der Waals surface area contributed by atoms with E-state index in [9.17, 15) is 0 Å². The lowest BCUT2D eigenvalue weighted by molar-refractivity contribution is 0.602. The predicted molar refractivity (Wildman–Crippen MR) is 277 cm³/mol. The van der Waals surface area contributed by atoms with Gasteiger partial charge in [-0.15, -0.1) is 0 Å². The number of aromatic amines is 2. The zero-order valence-electron chi connectivity index (χ0n) is 36.6. The first-order valence-electron chi connectivity index (χ1n) is 23.4. The summed E-state index contributed by atoms with van der Waals surface area (Å²) < 4.78 is 1.85. The fourth-order valence-corrected chi connectivity index (χ4v) is 11.9. The average Bonchev–Trinajstić information content (AvgIpc) is 4.20. The number of nitrogens with one attached hydrogen (secondary N) is 2. The number of halogens is 2. The molecule has 0 saturated carbocycles. The van der Waals surface area contributed by atoms with Crippen molar-refractivity contribution in [3.63, 3.8) is 0 Å². The second kappa shape index (κ2) is 17.4. The van der Waals surface area contributed by atoms with Gasteiger partial charge in [0.25, 0.3) is 0 Å². The molecule has 5 heterocycles.